The van der Waals surface area contributed by atoms with Crippen LogP contribution in [0, 0.1) is 11.6 Å². The average molecular weight is 502 g/mol. The van der Waals surface area contributed by atoms with Gasteiger partial charge in [-0.1, -0.05) is 35.3 Å². The second-order valence-corrected chi connectivity index (χ2v) is 10.1. The SMILES string of the molecule is COC1CC(NS(=O)(=O)c2cnc(C(c3ccc(F)c(Cl)c3)c3ccc(F)c(Cl)c3)[nH]2)C1. The Labute approximate surface area is 194 Å². The molecule has 1 fully saturated rings. The van der Waals surface area contributed by atoms with Gasteiger partial charge in [-0.2, -0.15) is 0 Å². The minimum absolute atomic E-state index is 0.0378. The first kappa shape index (κ1) is 23.1. The van der Waals surface area contributed by atoms with Crippen molar-refractivity contribution < 1.29 is 21.9 Å². The Morgan fingerprint density at radius 1 is 1.09 bits per heavy atom. The number of benzene rings is 2. The highest BCUT2D eigenvalue weighted by Gasteiger charge is 2.34. The summed E-state index contributed by atoms with van der Waals surface area (Å²) in [4.78, 5) is 7.08. The molecule has 1 saturated carbocycles. The van der Waals surface area contributed by atoms with Crippen LogP contribution in [0.5, 0.6) is 0 Å². The molecule has 0 spiro atoms. The lowest BCUT2D eigenvalue weighted by molar-refractivity contribution is 0.0236. The molecule has 3 aromatic rings. The van der Waals surface area contributed by atoms with Gasteiger partial charge in [0.25, 0.3) is 10.0 Å². The van der Waals surface area contributed by atoms with E-state index < -0.39 is 27.6 Å². The first-order valence-electron chi connectivity index (χ1n) is 9.68. The fraction of sp³-hybridized carbons (Fsp3) is 0.286. The summed E-state index contributed by atoms with van der Waals surface area (Å²) in [5.41, 5.74) is 1.04. The van der Waals surface area contributed by atoms with Gasteiger partial charge in [-0.25, -0.2) is 26.9 Å². The maximum absolute atomic E-state index is 13.7. The second kappa shape index (κ2) is 9.07. The molecule has 6 nitrogen and oxygen atoms in total. The van der Waals surface area contributed by atoms with Crippen molar-refractivity contribution in [2.75, 3.05) is 7.11 Å². The van der Waals surface area contributed by atoms with E-state index in [4.69, 9.17) is 27.9 Å². The normalized spacial score (nSPS) is 18.7. The highest BCUT2D eigenvalue weighted by atomic mass is 35.5. The molecule has 1 aliphatic rings. The van der Waals surface area contributed by atoms with Crippen LogP contribution < -0.4 is 4.72 Å². The van der Waals surface area contributed by atoms with E-state index >= 15 is 0 Å². The summed E-state index contributed by atoms with van der Waals surface area (Å²) in [6, 6.07) is 7.98. The number of ether oxygens (including phenoxy) is 1. The van der Waals surface area contributed by atoms with Crippen LogP contribution in [-0.4, -0.2) is 37.6 Å². The number of rotatable bonds is 7. The summed E-state index contributed by atoms with van der Waals surface area (Å²) >= 11 is 11.9. The van der Waals surface area contributed by atoms with Gasteiger partial charge >= 0.3 is 0 Å². The second-order valence-electron chi connectivity index (χ2n) is 7.56. The number of hydrogen-bond acceptors (Lipinski definition) is 4. The zero-order valence-corrected chi connectivity index (χ0v) is 19.1. The molecule has 11 heteroatoms. The Morgan fingerprint density at radius 3 is 2.16 bits per heavy atom. The number of nitrogens with one attached hydrogen (secondary N) is 2. The van der Waals surface area contributed by atoms with Crippen molar-refractivity contribution in [1.82, 2.24) is 14.7 Å². The molecule has 2 aromatic carbocycles. The van der Waals surface area contributed by atoms with Crippen LogP contribution in [0.25, 0.3) is 0 Å². The fourth-order valence-electron chi connectivity index (χ4n) is 3.63. The van der Waals surface area contributed by atoms with Gasteiger partial charge in [-0.3, -0.25) is 0 Å². The van der Waals surface area contributed by atoms with Crippen molar-refractivity contribution in [3.63, 3.8) is 0 Å². The summed E-state index contributed by atoms with van der Waals surface area (Å²) in [6.07, 6.45) is 2.41. The van der Waals surface area contributed by atoms with Crippen LogP contribution in [0.4, 0.5) is 8.78 Å². The van der Waals surface area contributed by atoms with Gasteiger partial charge in [-0.15, -0.1) is 0 Å². The van der Waals surface area contributed by atoms with Crippen LogP contribution in [0.2, 0.25) is 10.0 Å². The highest BCUT2D eigenvalue weighted by molar-refractivity contribution is 7.89. The van der Waals surface area contributed by atoms with E-state index in [0.29, 0.717) is 24.0 Å². The van der Waals surface area contributed by atoms with Crippen molar-refractivity contribution in [2.45, 2.75) is 35.9 Å². The molecule has 1 aromatic heterocycles. The summed E-state index contributed by atoms with van der Waals surface area (Å²) in [6.45, 7) is 0. The topological polar surface area (TPSA) is 84.1 Å². The third-order valence-electron chi connectivity index (χ3n) is 5.44. The van der Waals surface area contributed by atoms with Crippen molar-refractivity contribution in [3.8, 4) is 0 Å². The largest absolute Gasteiger partial charge is 0.381 e. The molecule has 0 radical (unpaired) electrons. The number of halogens is 4. The predicted octanol–water partition coefficient (Wildman–Crippen LogP) is 4.63. The van der Waals surface area contributed by atoms with Crippen molar-refractivity contribution in [1.29, 1.82) is 0 Å². The molecule has 2 N–H and O–H groups in total. The number of aromatic amines is 1. The average Bonchev–Trinajstić information content (AvgIpc) is 3.21. The quantitative estimate of drug-likeness (QED) is 0.494. The molecular formula is C21H19Cl2F2N3O3S. The zero-order valence-electron chi connectivity index (χ0n) is 16.8. The maximum Gasteiger partial charge on any atom is 0.257 e. The van der Waals surface area contributed by atoms with E-state index in [9.17, 15) is 17.2 Å². The fourth-order valence-corrected chi connectivity index (χ4v) is 5.20. The maximum atomic E-state index is 13.7. The molecular weight excluding hydrogens is 483 g/mol. The third-order valence-corrected chi connectivity index (χ3v) is 7.45. The lowest BCUT2D eigenvalue weighted by Crippen LogP contribution is -2.47. The monoisotopic (exact) mass is 501 g/mol. The summed E-state index contributed by atoms with van der Waals surface area (Å²) in [5, 5.41) is -0.348. The summed E-state index contributed by atoms with van der Waals surface area (Å²) in [7, 11) is -2.27. The number of nitrogens with zero attached hydrogens (tertiary/aromatic N) is 1. The number of aromatic nitrogens is 2. The van der Waals surface area contributed by atoms with Crippen molar-refractivity contribution in [3.05, 3.63) is 81.2 Å². The van der Waals surface area contributed by atoms with Gasteiger partial charge in [0.2, 0.25) is 0 Å². The molecule has 4 rings (SSSR count). The van der Waals surface area contributed by atoms with Crippen LogP contribution in [0.15, 0.2) is 47.6 Å². The molecule has 0 atom stereocenters. The molecule has 0 aliphatic heterocycles. The van der Waals surface area contributed by atoms with Crippen molar-refractivity contribution in [2.24, 2.45) is 0 Å². The molecule has 0 amide bonds. The Morgan fingerprint density at radius 2 is 1.66 bits per heavy atom. The minimum Gasteiger partial charge on any atom is -0.381 e. The van der Waals surface area contributed by atoms with E-state index in [1.54, 1.807) is 7.11 Å². The van der Waals surface area contributed by atoms with Gasteiger partial charge in [0.15, 0.2) is 5.03 Å². The molecule has 1 heterocycles. The Balaban J connectivity index is 1.70. The smallest absolute Gasteiger partial charge is 0.257 e. The van der Waals surface area contributed by atoms with Gasteiger partial charge in [0.05, 0.1) is 28.3 Å². The van der Waals surface area contributed by atoms with E-state index in [0.717, 1.165) is 0 Å². The zero-order chi connectivity index (χ0) is 23.0. The first-order chi connectivity index (χ1) is 15.2. The number of H-pyrrole nitrogens is 1. The third kappa shape index (κ3) is 4.67. The van der Waals surface area contributed by atoms with Gasteiger partial charge < -0.3 is 9.72 Å². The standard InChI is InChI=1S/C21H19Cl2F2N3O3S/c1-31-14-8-13(9-14)28-32(29,30)19-10-26-21(27-19)20(11-2-4-17(24)15(22)6-11)12-3-5-18(25)16(23)7-12/h2-7,10,13-14,20,28H,8-9H2,1H3,(H,26,27). The van der Waals surface area contributed by atoms with Gasteiger partial charge in [0.1, 0.15) is 17.5 Å². The molecule has 0 saturated heterocycles. The summed E-state index contributed by atoms with van der Waals surface area (Å²) in [5.74, 6) is -1.66. The Kier molecular flexibility index (Phi) is 6.56. The predicted molar refractivity (Wildman–Crippen MR) is 116 cm³/mol. The number of methoxy groups -OCH3 is 1. The Hall–Kier alpha value is -2.04. The van der Waals surface area contributed by atoms with E-state index in [1.165, 1.54) is 42.6 Å². The minimum atomic E-state index is -3.85. The van der Waals surface area contributed by atoms with E-state index in [1.807, 2.05) is 0 Å². The van der Waals surface area contributed by atoms with Crippen LogP contribution >= 0.6 is 23.2 Å². The van der Waals surface area contributed by atoms with Gasteiger partial charge in [0, 0.05) is 13.2 Å². The molecule has 32 heavy (non-hydrogen) atoms. The molecule has 0 unspecified atom stereocenters. The van der Waals surface area contributed by atoms with Crippen molar-refractivity contribution >= 4 is 33.2 Å². The molecule has 170 valence electrons. The highest BCUT2D eigenvalue weighted by Crippen LogP contribution is 2.34. The molecule has 1 aliphatic carbocycles. The van der Waals surface area contributed by atoms with E-state index in [-0.39, 0.29) is 33.0 Å². The lowest BCUT2D eigenvalue weighted by Gasteiger charge is -2.34. The summed E-state index contributed by atoms with van der Waals surface area (Å²) < 4.78 is 60.8. The first-order valence-corrected chi connectivity index (χ1v) is 11.9. The van der Waals surface area contributed by atoms with Crippen LogP contribution in [0.1, 0.15) is 35.7 Å². The Bertz CT molecular complexity index is 1200. The lowest BCUT2D eigenvalue weighted by atomic mass is 9.90. The van der Waals surface area contributed by atoms with E-state index in [2.05, 4.69) is 14.7 Å². The molecule has 0 bridgehead atoms. The number of imidazole rings is 1. The van der Waals surface area contributed by atoms with Crippen LogP contribution in [0.3, 0.4) is 0 Å². The van der Waals surface area contributed by atoms with Gasteiger partial charge in [-0.05, 0) is 48.2 Å². The number of sulfonamides is 1. The number of hydrogen-bond donors (Lipinski definition) is 2. The van der Waals surface area contributed by atoms with Crippen LogP contribution in [-0.2, 0) is 14.8 Å².